The fraction of sp³-hybridized carbons (Fsp3) is 0.405. The van der Waals surface area contributed by atoms with Crippen LogP contribution in [0.1, 0.15) is 80.9 Å². The van der Waals surface area contributed by atoms with Gasteiger partial charge in [0.05, 0.1) is 42.2 Å². The molecule has 0 spiro atoms. The molecule has 17 heteroatoms. The lowest BCUT2D eigenvalue weighted by Gasteiger charge is -2.31. The van der Waals surface area contributed by atoms with Gasteiger partial charge in [-0.1, -0.05) is 39.8 Å². The van der Waals surface area contributed by atoms with Crippen molar-refractivity contribution in [2.75, 3.05) is 19.0 Å². The zero-order chi connectivity index (χ0) is 42.8. The fourth-order valence-corrected chi connectivity index (χ4v) is 7.44. The lowest BCUT2D eigenvalue weighted by molar-refractivity contribution is -0.172. The summed E-state index contributed by atoms with van der Waals surface area (Å²) in [5.74, 6) is -2.29. The van der Waals surface area contributed by atoms with Gasteiger partial charge in [-0.25, -0.2) is 19.4 Å². The van der Waals surface area contributed by atoms with Crippen molar-refractivity contribution in [2.45, 2.75) is 90.3 Å². The number of urea groups is 1. The minimum Gasteiger partial charge on any atom is -0.474 e. The van der Waals surface area contributed by atoms with Gasteiger partial charge in [0.15, 0.2) is 5.60 Å². The third-order valence-corrected chi connectivity index (χ3v) is 10.9. The summed E-state index contributed by atoms with van der Waals surface area (Å²) in [6, 6.07) is 10.8. The van der Waals surface area contributed by atoms with E-state index in [9.17, 15) is 33.9 Å². The highest BCUT2D eigenvalue weighted by molar-refractivity contribution is 5.98. The summed E-state index contributed by atoms with van der Waals surface area (Å²) in [4.78, 5) is 81.7. The van der Waals surface area contributed by atoms with Crippen LogP contribution in [0.25, 0.3) is 22.3 Å². The maximum Gasteiger partial charge on any atom is 0.351 e. The molecule has 3 unspecified atom stereocenters. The summed E-state index contributed by atoms with van der Waals surface area (Å²) in [7, 11) is 1.25. The van der Waals surface area contributed by atoms with Crippen molar-refractivity contribution in [3.63, 3.8) is 0 Å². The van der Waals surface area contributed by atoms with Crippen LogP contribution in [0.15, 0.2) is 53.3 Å². The topological polar surface area (TPSA) is 256 Å². The number of nitrogens with two attached hydrogens (primary N) is 2. The molecule has 4 aromatic rings. The predicted molar refractivity (Wildman–Crippen MR) is 216 cm³/mol. The Morgan fingerprint density at radius 1 is 1.03 bits per heavy atom. The summed E-state index contributed by atoms with van der Waals surface area (Å²) < 4.78 is 18.2. The zero-order valence-electron chi connectivity index (χ0n) is 33.5. The van der Waals surface area contributed by atoms with Crippen LogP contribution in [0.3, 0.4) is 0 Å². The van der Waals surface area contributed by atoms with E-state index in [1.165, 1.54) is 7.11 Å². The average Bonchev–Trinajstić information content (AvgIpc) is 3.59. The molecule has 0 saturated heterocycles. The molecule has 0 aliphatic carbocycles. The Morgan fingerprint density at radius 2 is 1.76 bits per heavy atom. The maximum atomic E-state index is 13.7. The van der Waals surface area contributed by atoms with Crippen molar-refractivity contribution in [1.82, 2.24) is 20.2 Å². The van der Waals surface area contributed by atoms with E-state index in [1.54, 1.807) is 73.9 Å². The molecule has 2 aromatic carbocycles. The number of cyclic esters (lactones) is 1. The Hall–Kier alpha value is -6.33. The van der Waals surface area contributed by atoms with Crippen LogP contribution in [0.5, 0.6) is 5.75 Å². The number of carbonyl (C=O) groups excluding carboxylic acids is 5. The summed E-state index contributed by atoms with van der Waals surface area (Å²) in [6.07, 6.45) is -0.0570. The standard InChI is InChI=1S/C42H49N7O10/c1-6-25-26-17-24(14-15-30(26)47-34-27(25)19-49-32(34)18-29-28(38(49)52)20-58-40(54)42(29,56)7-2)59-35(39(53)57-5)22-10-12-23(13-11-22)46-36(50)31(9-8-16-45-41(44)55)48-37(51)33(43)21(3)4/h10-15,17-18,21,31,33,35,56H,6-9,16,19-20,43H2,1-5H3,(H,46,50)(H,48,51)(H3,44,45,55)/t31?,33?,35?,42-/m0/s1. The van der Waals surface area contributed by atoms with Gasteiger partial charge in [-0.05, 0) is 73.6 Å². The lowest BCUT2D eigenvalue weighted by Crippen LogP contribution is -2.51. The number of primary amides is 1. The first-order valence-corrected chi connectivity index (χ1v) is 19.5. The first kappa shape index (κ1) is 42.3. The van der Waals surface area contributed by atoms with Crippen molar-refractivity contribution in [3.8, 4) is 17.1 Å². The molecule has 4 atom stereocenters. The number of ether oxygens (including phenoxy) is 3. The molecule has 0 radical (unpaired) electrons. The molecule has 2 aromatic heterocycles. The van der Waals surface area contributed by atoms with Crippen LogP contribution in [-0.4, -0.2) is 70.2 Å². The second-order valence-electron chi connectivity index (χ2n) is 14.9. The quantitative estimate of drug-likeness (QED) is 0.0659. The van der Waals surface area contributed by atoms with Crippen LogP contribution < -0.4 is 37.7 Å². The van der Waals surface area contributed by atoms with Crippen molar-refractivity contribution >= 4 is 46.4 Å². The second-order valence-corrected chi connectivity index (χ2v) is 14.9. The Bertz CT molecular complexity index is 2380. The Balaban J connectivity index is 1.24. The van der Waals surface area contributed by atoms with E-state index in [0.29, 0.717) is 46.7 Å². The number of aromatic nitrogens is 2. The average molecular weight is 812 g/mol. The number of aliphatic hydroxyl groups is 1. The van der Waals surface area contributed by atoms with Crippen LogP contribution in [0.2, 0.25) is 0 Å². The van der Waals surface area contributed by atoms with Gasteiger partial charge in [0.25, 0.3) is 5.56 Å². The van der Waals surface area contributed by atoms with E-state index in [4.69, 9.17) is 30.7 Å². The number of rotatable bonds is 15. The molecular weight excluding hydrogens is 763 g/mol. The van der Waals surface area contributed by atoms with Gasteiger partial charge in [-0.15, -0.1) is 0 Å². The van der Waals surface area contributed by atoms with Crippen molar-refractivity contribution in [3.05, 3.63) is 86.7 Å². The SMILES string of the molecule is CCc1c2c(nc3ccc(OC(C(=O)OC)c4ccc(NC(=O)C(CCCNC(N)=O)NC(=O)C(N)C(C)C)cc4)cc13)-c1cc3c(c(=O)n1C2)COC(=O)[C@]3(O)CC. The highest BCUT2D eigenvalue weighted by Crippen LogP contribution is 2.41. The van der Waals surface area contributed by atoms with Gasteiger partial charge in [-0.2, -0.15) is 0 Å². The van der Waals surface area contributed by atoms with E-state index in [-0.39, 0.29) is 55.1 Å². The summed E-state index contributed by atoms with van der Waals surface area (Å²) in [5.41, 5.74) is 13.5. The highest BCUT2D eigenvalue weighted by Gasteiger charge is 2.45. The molecule has 0 bridgehead atoms. The molecule has 8 N–H and O–H groups in total. The summed E-state index contributed by atoms with van der Waals surface area (Å²) in [6.45, 7) is 7.42. The van der Waals surface area contributed by atoms with Crippen molar-refractivity contribution in [2.24, 2.45) is 17.4 Å². The van der Waals surface area contributed by atoms with Crippen LogP contribution in [-0.2, 0) is 53.8 Å². The monoisotopic (exact) mass is 811 g/mol. The molecule has 59 heavy (non-hydrogen) atoms. The van der Waals surface area contributed by atoms with Crippen LogP contribution in [0.4, 0.5) is 10.5 Å². The summed E-state index contributed by atoms with van der Waals surface area (Å²) >= 11 is 0. The molecular formula is C42H49N7O10. The predicted octanol–water partition coefficient (Wildman–Crippen LogP) is 2.79. The number of esters is 2. The summed E-state index contributed by atoms with van der Waals surface area (Å²) in [5, 5.41) is 20.0. The third kappa shape index (κ3) is 8.33. The number of hydrogen-bond acceptors (Lipinski definition) is 12. The van der Waals surface area contributed by atoms with E-state index in [1.807, 2.05) is 6.92 Å². The van der Waals surface area contributed by atoms with E-state index < -0.39 is 53.6 Å². The Labute approximate surface area is 339 Å². The van der Waals surface area contributed by atoms with Crippen LogP contribution >= 0.6 is 0 Å². The molecule has 17 nitrogen and oxygen atoms in total. The third-order valence-electron chi connectivity index (χ3n) is 10.9. The first-order chi connectivity index (χ1) is 28.1. The molecule has 2 aliphatic rings. The zero-order valence-corrected chi connectivity index (χ0v) is 33.5. The number of fused-ring (bicyclic) bond motifs is 5. The van der Waals surface area contributed by atoms with Gasteiger partial charge in [-0.3, -0.25) is 14.4 Å². The smallest absolute Gasteiger partial charge is 0.351 e. The number of hydrogen-bond donors (Lipinski definition) is 6. The Morgan fingerprint density at radius 3 is 2.41 bits per heavy atom. The molecule has 4 heterocycles. The van der Waals surface area contributed by atoms with E-state index in [2.05, 4.69) is 16.0 Å². The minimum absolute atomic E-state index is 0.0337. The number of methoxy groups -OCH3 is 1. The lowest BCUT2D eigenvalue weighted by atomic mass is 9.86. The van der Waals surface area contributed by atoms with Gasteiger partial charge in [0.1, 0.15) is 18.4 Å². The molecule has 6 rings (SSSR count). The normalized spacial score (nSPS) is 16.8. The molecule has 2 aliphatic heterocycles. The minimum atomic E-state index is -1.94. The second kappa shape index (κ2) is 17.3. The van der Waals surface area contributed by atoms with Gasteiger partial charge >= 0.3 is 18.0 Å². The number of nitrogens with one attached hydrogen (secondary N) is 3. The van der Waals surface area contributed by atoms with Gasteiger partial charge in [0, 0.05) is 34.3 Å². The molecule has 0 fully saturated rings. The maximum absolute atomic E-state index is 13.7. The number of pyridine rings is 2. The van der Waals surface area contributed by atoms with E-state index in [0.717, 1.165) is 16.5 Å². The number of carbonyl (C=O) groups is 5. The number of anilines is 1. The molecule has 0 saturated carbocycles. The number of amides is 4. The fourth-order valence-electron chi connectivity index (χ4n) is 7.44. The Kier molecular flexibility index (Phi) is 12.4. The first-order valence-electron chi connectivity index (χ1n) is 19.5. The number of benzene rings is 2. The number of aryl methyl sites for hydroxylation is 1. The van der Waals surface area contributed by atoms with Gasteiger partial charge < -0.3 is 51.3 Å². The van der Waals surface area contributed by atoms with Crippen LogP contribution in [0, 0.1) is 5.92 Å². The highest BCUT2D eigenvalue weighted by atomic mass is 16.6. The molecule has 312 valence electrons. The number of nitrogens with zero attached hydrogens (tertiary/aromatic N) is 2. The van der Waals surface area contributed by atoms with E-state index >= 15 is 0 Å². The van der Waals surface area contributed by atoms with Gasteiger partial charge in [0.2, 0.25) is 17.9 Å². The van der Waals surface area contributed by atoms with Crippen molar-refractivity contribution < 1.29 is 43.3 Å². The largest absolute Gasteiger partial charge is 0.474 e. The molecule has 4 amide bonds. The van der Waals surface area contributed by atoms with Crippen molar-refractivity contribution in [1.29, 1.82) is 0 Å².